The summed E-state index contributed by atoms with van der Waals surface area (Å²) in [5, 5.41) is 12.2. The molecule has 0 aliphatic carbocycles. The van der Waals surface area contributed by atoms with Gasteiger partial charge in [0.15, 0.2) is 0 Å². The summed E-state index contributed by atoms with van der Waals surface area (Å²) in [6.45, 7) is 8.54. The molecule has 4 nitrogen and oxygen atoms in total. The minimum absolute atomic E-state index is 0.00603. The van der Waals surface area contributed by atoms with Gasteiger partial charge in [0.1, 0.15) is 5.76 Å². The molecule has 0 radical (unpaired) electrons. The van der Waals surface area contributed by atoms with Gasteiger partial charge in [0.05, 0.1) is 6.04 Å². The molecule has 0 amide bonds. The highest BCUT2D eigenvalue weighted by molar-refractivity contribution is 5.84. The van der Waals surface area contributed by atoms with Crippen molar-refractivity contribution in [3.8, 4) is 0 Å². The number of carbonyl (C=O) groups is 1. The van der Waals surface area contributed by atoms with Crippen LogP contribution < -0.4 is 5.32 Å². The SMILES string of the molecule is CC(C)CCC(C)NC(C)c1ccc(C(=O)O)o1. The third-order valence-electron chi connectivity index (χ3n) is 2.98. The Kier molecular flexibility index (Phi) is 5.41. The summed E-state index contributed by atoms with van der Waals surface area (Å²) in [5.74, 6) is 0.338. The van der Waals surface area contributed by atoms with Crippen LogP contribution in [0.1, 0.15) is 62.9 Å². The maximum atomic E-state index is 10.7. The first-order chi connectivity index (χ1) is 8.40. The quantitative estimate of drug-likeness (QED) is 0.781. The lowest BCUT2D eigenvalue weighted by Gasteiger charge is -2.19. The maximum absolute atomic E-state index is 10.7. The number of carboxylic acid groups (broad SMARTS) is 1. The van der Waals surface area contributed by atoms with Crippen molar-refractivity contribution in [1.82, 2.24) is 5.32 Å². The van der Waals surface area contributed by atoms with Gasteiger partial charge in [-0.1, -0.05) is 13.8 Å². The third-order valence-corrected chi connectivity index (χ3v) is 2.98. The minimum Gasteiger partial charge on any atom is -0.475 e. The molecule has 102 valence electrons. The monoisotopic (exact) mass is 253 g/mol. The van der Waals surface area contributed by atoms with Crippen molar-refractivity contribution in [3.05, 3.63) is 23.7 Å². The highest BCUT2D eigenvalue weighted by atomic mass is 16.4. The zero-order valence-corrected chi connectivity index (χ0v) is 11.6. The van der Waals surface area contributed by atoms with E-state index in [1.807, 2.05) is 6.92 Å². The molecular formula is C14H23NO3. The van der Waals surface area contributed by atoms with Crippen LogP contribution in [0.15, 0.2) is 16.5 Å². The van der Waals surface area contributed by atoms with Crippen LogP contribution in [0, 0.1) is 5.92 Å². The third kappa shape index (κ3) is 4.53. The second kappa shape index (κ2) is 6.59. The van der Waals surface area contributed by atoms with E-state index in [1.165, 1.54) is 12.5 Å². The lowest BCUT2D eigenvalue weighted by molar-refractivity contribution is 0.0659. The fourth-order valence-electron chi connectivity index (χ4n) is 1.88. The molecule has 1 heterocycles. The molecule has 1 aromatic rings. The van der Waals surface area contributed by atoms with Crippen LogP contribution in [0.5, 0.6) is 0 Å². The van der Waals surface area contributed by atoms with E-state index in [4.69, 9.17) is 9.52 Å². The molecular weight excluding hydrogens is 230 g/mol. The van der Waals surface area contributed by atoms with Gasteiger partial charge in [-0.25, -0.2) is 4.79 Å². The van der Waals surface area contributed by atoms with Gasteiger partial charge in [-0.3, -0.25) is 0 Å². The van der Waals surface area contributed by atoms with E-state index in [0.717, 1.165) is 6.42 Å². The summed E-state index contributed by atoms with van der Waals surface area (Å²) in [5.41, 5.74) is 0. The van der Waals surface area contributed by atoms with Gasteiger partial charge in [0.25, 0.3) is 0 Å². The second-order valence-corrected chi connectivity index (χ2v) is 5.27. The lowest BCUT2D eigenvalue weighted by Crippen LogP contribution is -2.29. The number of hydrogen-bond acceptors (Lipinski definition) is 3. The number of furan rings is 1. The Morgan fingerprint density at radius 3 is 2.44 bits per heavy atom. The van der Waals surface area contributed by atoms with E-state index in [-0.39, 0.29) is 11.8 Å². The fraction of sp³-hybridized carbons (Fsp3) is 0.643. The predicted molar refractivity (Wildman–Crippen MR) is 70.8 cm³/mol. The molecule has 0 fully saturated rings. The Balaban J connectivity index is 2.48. The molecule has 4 heteroatoms. The van der Waals surface area contributed by atoms with E-state index in [2.05, 4.69) is 26.1 Å². The van der Waals surface area contributed by atoms with Gasteiger partial charge in [-0.2, -0.15) is 0 Å². The molecule has 1 aromatic heterocycles. The minimum atomic E-state index is -1.03. The summed E-state index contributed by atoms with van der Waals surface area (Å²) < 4.78 is 5.27. The Morgan fingerprint density at radius 2 is 1.94 bits per heavy atom. The molecule has 18 heavy (non-hydrogen) atoms. The molecule has 2 N–H and O–H groups in total. The Hall–Kier alpha value is -1.29. The van der Waals surface area contributed by atoms with Crippen molar-refractivity contribution in [2.45, 2.75) is 52.6 Å². The van der Waals surface area contributed by atoms with Gasteiger partial charge in [0.2, 0.25) is 5.76 Å². The van der Waals surface area contributed by atoms with E-state index in [9.17, 15) is 4.79 Å². The van der Waals surface area contributed by atoms with Crippen LogP contribution in [0.3, 0.4) is 0 Å². The first-order valence-corrected chi connectivity index (χ1v) is 6.49. The summed E-state index contributed by atoms with van der Waals surface area (Å²) >= 11 is 0. The van der Waals surface area contributed by atoms with Gasteiger partial charge in [0, 0.05) is 6.04 Å². The number of hydrogen-bond donors (Lipinski definition) is 2. The highest BCUT2D eigenvalue weighted by Crippen LogP contribution is 2.18. The molecule has 0 saturated heterocycles. The average Bonchev–Trinajstić information content (AvgIpc) is 2.75. The summed E-state index contributed by atoms with van der Waals surface area (Å²) in [6, 6.07) is 3.63. The van der Waals surface area contributed by atoms with E-state index < -0.39 is 5.97 Å². The van der Waals surface area contributed by atoms with Crippen molar-refractivity contribution in [1.29, 1.82) is 0 Å². The summed E-state index contributed by atoms with van der Waals surface area (Å²) in [6.07, 6.45) is 2.29. The smallest absolute Gasteiger partial charge is 0.371 e. The van der Waals surface area contributed by atoms with Crippen molar-refractivity contribution >= 4 is 5.97 Å². The van der Waals surface area contributed by atoms with E-state index in [0.29, 0.717) is 17.7 Å². The Labute approximate surface area is 108 Å². The summed E-state index contributed by atoms with van der Waals surface area (Å²) in [4.78, 5) is 10.7. The Bertz CT molecular complexity index is 384. The van der Waals surface area contributed by atoms with Crippen molar-refractivity contribution in [3.63, 3.8) is 0 Å². The first-order valence-electron chi connectivity index (χ1n) is 6.49. The van der Waals surface area contributed by atoms with Crippen molar-refractivity contribution in [2.75, 3.05) is 0 Å². The zero-order valence-electron chi connectivity index (χ0n) is 11.6. The van der Waals surface area contributed by atoms with Crippen LogP contribution in [0.25, 0.3) is 0 Å². The van der Waals surface area contributed by atoms with Gasteiger partial charge < -0.3 is 14.8 Å². The molecule has 2 atom stereocenters. The topological polar surface area (TPSA) is 62.5 Å². The van der Waals surface area contributed by atoms with Crippen LogP contribution in [-0.2, 0) is 0 Å². The van der Waals surface area contributed by atoms with Crippen LogP contribution in [-0.4, -0.2) is 17.1 Å². The van der Waals surface area contributed by atoms with Gasteiger partial charge >= 0.3 is 5.97 Å². The van der Waals surface area contributed by atoms with E-state index >= 15 is 0 Å². The lowest BCUT2D eigenvalue weighted by atomic mass is 10.0. The van der Waals surface area contributed by atoms with Gasteiger partial charge in [-0.05, 0) is 44.7 Å². The average molecular weight is 253 g/mol. The first kappa shape index (κ1) is 14.8. The second-order valence-electron chi connectivity index (χ2n) is 5.27. The molecule has 0 aliphatic heterocycles. The number of rotatable bonds is 7. The number of nitrogens with one attached hydrogen (secondary N) is 1. The number of aromatic carboxylic acids is 1. The fourth-order valence-corrected chi connectivity index (χ4v) is 1.88. The number of carboxylic acids is 1. The van der Waals surface area contributed by atoms with Crippen molar-refractivity contribution in [2.24, 2.45) is 5.92 Å². The van der Waals surface area contributed by atoms with Crippen LogP contribution >= 0.6 is 0 Å². The standard InChI is InChI=1S/C14H23NO3/c1-9(2)5-6-10(3)15-11(4)12-7-8-13(18-12)14(16)17/h7-11,15H,5-6H2,1-4H3,(H,16,17). The van der Waals surface area contributed by atoms with E-state index in [1.54, 1.807) is 6.07 Å². The molecule has 0 saturated carbocycles. The molecule has 2 unspecified atom stereocenters. The van der Waals surface area contributed by atoms with Crippen molar-refractivity contribution < 1.29 is 14.3 Å². The summed E-state index contributed by atoms with van der Waals surface area (Å²) in [7, 11) is 0. The maximum Gasteiger partial charge on any atom is 0.371 e. The molecule has 0 spiro atoms. The molecule has 0 bridgehead atoms. The largest absolute Gasteiger partial charge is 0.475 e. The normalized spacial score (nSPS) is 14.7. The zero-order chi connectivity index (χ0) is 13.7. The molecule has 1 rings (SSSR count). The predicted octanol–water partition coefficient (Wildman–Crippen LogP) is 3.45. The molecule has 0 aliphatic rings. The van der Waals surface area contributed by atoms with Gasteiger partial charge in [-0.15, -0.1) is 0 Å². The Morgan fingerprint density at radius 1 is 1.28 bits per heavy atom. The highest BCUT2D eigenvalue weighted by Gasteiger charge is 2.15. The van der Waals surface area contributed by atoms with Crippen LogP contribution in [0.2, 0.25) is 0 Å². The molecule has 0 aromatic carbocycles. The van der Waals surface area contributed by atoms with Crippen LogP contribution in [0.4, 0.5) is 0 Å².